The maximum Gasteiger partial charge on any atom is 0.223 e. The number of anilines is 1. The zero-order chi connectivity index (χ0) is 16.2. The topological polar surface area (TPSA) is 66.5 Å². The quantitative estimate of drug-likeness (QED) is 0.890. The highest BCUT2D eigenvalue weighted by atomic mass is 32.2. The van der Waals surface area contributed by atoms with Crippen LogP contribution in [0.5, 0.6) is 0 Å². The molecule has 1 N–H and O–H groups in total. The fourth-order valence-electron chi connectivity index (χ4n) is 2.60. The number of rotatable bonds is 5. The Morgan fingerprint density at radius 1 is 1.27 bits per heavy atom. The number of benzene rings is 1. The second-order valence-electron chi connectivity index (χ2n) is 5.97. The minimum atomic E-state index is -2.92. The van der Waals surface area contributed by atoms with Crippen molar-refractivity contribution in [3.05, 3.63) is 30.3 Å². The van der Waals surface area contributed by atoms with Gasteiger partial charge < -0.3 is 10.2 Å². The van der Waals surface area contributed by atoms with Gasteiger partial charge in [0.05, 0.1) is 11.5 Å². The minimum Gasteiger partial charge on any atom is -0.370 e. The third-order valence-electron chi connectivity index (χ3n) is 4.32. The Bertz CT molecular complexity index is 587. The Labute approximate surface area is 132 Å². The molecule has 0 aliphatic carbocycles. The fraction of sp³-hybridized carbons (Fsp3) is 0.562. The summed E-state index contributed by atoms with van der Waals surface area (Å²) in [5.74, 6) is 0.0655. The van der Waals surface area contributed by atoms with Gasteiger partial charge in [-0.25, -0.2) is 8.42 Å². The van der Waals surface area contributed by atoms with Crippen LogP contribution >= 0.6 is 0 Å². The fourth-order valence-corrected chi connectivity index (χ4v) is 4.09. The zero-order valence-electron chi connectivity index (χ0n) is 13.2. The van der Waals surface area contributed by atoms with E-state index in [1.54, 1.807) is 0 Å². The molecule has 0 radical (unpaired) electrons. The van der Waals surface area contributed by atoms with Gasteiger partial charge in [0.15, 0.2) is 0 Å². The summed E-state index contributed by atoms with van der Waals surface area (Å²) in [4.78, 5) is 14.3. The van der Waals surface area contributed by atoms with Crippen LogP contribution in [0.4, 0.5) is 5.69 Å². The van der Waals surface area contributed by atoms with Crippen molar-refractivity contribution in [2.75, 3.05) is 30.0 Å². The first-order valence-corrected chi connectivity index (χ1v) is 9.47. The van der Waals surface area contributed by atoms with Crippen LogP contribution in [0.2, 0.25) is 0 Å². The maximum atomic E-state index is 12.1. The van der Waals surface area contributed by atoms with E-state index < -0.39 is 9.84 Å². The number of likely N-dealkylation sites (N-methyl/N-ethyl adjacent to an activating group) is 1. The predicted octanol–water partition coefficient (Wildman–Crippen LogP) is 1.45. The van der Waals surface area contributed by atoms with E-state index in [4.69, 9.17) is 0 Å². The van der Waals surface area contributed by atoms with Gasteiger partial charge in [-0.05, 0) is 31.9 Å². The summed E-state index contributed by atoms with van der Waals surface area (Å²) < 4.78 is 22.8. The molecule has 5 nitrogen and oxygen atoms in total. The van der Waals surface area contributed by atoms with Crippen molar-refractivity contribution in [3.8, 4) is 0 Å². The third-order valence-corrected chi connectivity index (χ3v) is 6.04. The Morgan fingerprint density at radius 2 is 1.86 bits per heavy atom. The van der Waals surface area contributed by atoms with E-state index in [9.17, 15) is 13.2 Å². The molecule has 6 heteroatoms. The molecule has 0 unspecified atom stereocenters. The highest BCUT2D eigenvalue weighted by molar-refractivity contribution is 7.91. The maximum absolute atomic E-state index is 12.1. The van der Waals surface area contributed by atoms with Crippen LogP contribution in [-0.4, -0.2) is 45.5 Å². The molecule has 1 aliphatic heterocycles. The molecule has 1 aromatic rings. The second kappa shape index (κ2) is 7.13. The van der Waals surface area contributed by atoms with E-state index in [1.807, 2.05) is 37.4 Å². The van der Waals surface area contributed by atoms with E-state index in [1.165, 1.54) is 0 Å². The zero-order valence-corrected chi connectivity index (χ0v) is 14.0. The Balaban J connectivity index is 1.81. The summed E-state index contributed by atoms with van der Waals surface area (Å²) in [6, 6.07) is 10.2. The van der Waals surface area contributed by atoms with Gasteiger partial charge in [0.2, 0.25) is 5.91 Å². The molecule has 0 saturated carbocycles. The lowest BCUT2D eigenvalue weighted by molar-refractivity contribution is -0.125. The van der Waals surface area contributed by atoms with Crippen LogP contribution in [0.15, 0.2) is 30.3 Å². The van der Waals surface area contributed by atoms with E-state index in [-0.39, 0.29) is 29.4 Å². The minimum absolute atomic E-state index is 0.0248. The molecule has 0 spiro atoms. The average Bonchev–Trinajstić information content (AvgIpc) is 2.52. The molecular formula is C16H24N2O3S. The number of nitrogens with zero attached hydrogens (tertiary/aromatic N) is 1. The Hall–Kier alpha value is -1.56. The first-order valence-electron chi connectivity index (χ1n) is 7.65. The van der Waals surface area contributed by atoms with Crippen LogP contribution in [0.3, 0.4) is 0 Å². The number of hydrogen-bond acceptors (Lipinski definition) is 4. The lowest BCUT2D eigenvalue weighted by Gasteiger charge is -2.28. The van der Waals surface area contributed by atoms with Crippen molar-refractivity contribution in [2.45, 2.75) is 25.8 Å². The molecule has 122 valence electrons. The van der Waals surface area contributed by atoms with E-state index >= 15 is 0 Å². The van der Waals surface area contributed by atoms with Gasteiger partial charge >= 0.3 is 0 Å². The van der Waals surface area contributed by atoms with Crippen molar-refractivity contribution < 1.29 is 13.2 Å². The van der Waals surface area contributed by atoms with Crippen molar-refractivity contribution in [2.24, 2.45) is 5.92 Å². The summed E-state index contributed by atoms with van der Waals surface area (Å²) in [5.41, 5.74) is 1.10. The molecule has 1 atom stereocenters. The normalized spacial score (nSPS) is 19.4. The Morgan fingerprint density at radius 3 is 2.45 bits per heavy atom. The van der Waals surface area contributed by atoms with E-state index in [2.05, 4.69) is 17.1 Å². The number of para-hydroxylation sites is 1. The van der Waals surface area contributed by atoms with Gasteiger partial charge in [-0.2, -0.15) is 0 Å². The van der Waals surface area contributed by atoms with E-state index in [0.29, 0.717) is 19.4 Å². The molecule has 1 amide bonds. The van der Waals surface area contributed by atoms with Gasteiger partial charge in [-0.3, -0.25) is 4.79 Å². The molecule has 1 fully saturated rings. The molecule has 1 heterocycles. The van der Waals surface area contributed by atoms with Crippen LogP contribution in [0.25, 0.3) is 0 Å². The first-order chi connectivity index (χ1) is 10.4. The number of amides is 1. The van der Waals surface area contributed by atoms with Crippen molar-refractivity contribution in [3.63, 3.8) is 0 Å². The summed E-state index contributed by atoms with van der Waals surface area (Å²) in [5, 5.41) is 2.95. The van der Waals surface area contributed by atoms with Gasteiger partial charge in [-0.15, -0.1) is 0 Å². The molecule has 1 saturated heterocycles. The molecule has 22 heavy (non-hydrogen) atoms. The monoisotopic (exact) mass is 324 g/mol. The highest BCUT2D eigenvalue weighted by Gasteiger charge is 2.28. The number of carbonyl (C=O) groups is 1. The molecule has 0 bridgehead atoms. The van der Waals surface area contributed by atoms with Gasteiger partial charge in [0.25, 0.3) is 0 Å². The Kier molecular flexibility index (Phi) is 5.45. The lowest BCUT2D eigenvalue weighted by atomic mass is 10.0. The van der Waals surface area contributed by atoms with Crippen LogP contribution in [-0.2, 0) is 14.6 Å². The summed E-state index contributed by atoms with van der Waals surface area (Å²) in [7, 11) is -0.919. The number of carbonyl (C=O) groups excluding carboxylic acids is 1. The van der Waals surface area contributed by atoms with Crippen molar-refractivity contribution >= 4 is 21.4 Å². The largest absolute Gasteiger partial charge is 0.370 e. The van der Waals surface area contributed by atoms with Crippen molar-refractivity contribution in [1.82, 2.24) is 5.32 Å². The number of nitrogens with one attached hydrogen (secondary N) is 1. The van der Waals surface area contributed by atoms with Gasteiger partial charge in [-0.1, -0.05) is 18.2 Å². The van der Waals surface area contributed by atoms with Crippen molar-refractivity contribution in [1.29, 1.82) is 0 Å². The summed E-state index contributed by atoms with van der Waals surface area (Å²) in [6.45, 7) is 2.60. The standard InChI is InChI=1S/C16H24N2O3S/c1-13(18(2)15-6-4-3-5-7-15)12-17-16(19)14-8-10-22(20,21)11-9-14/h3-7,13-14H,8-12H2,1-2H3,(H,17,19)/t13-/m1/s1. The van der Waals surface area contributed by atoms with E-state index in [0.717, 1.165) is 5.69 Å². The second-order valence-corrected chi connectivity index (χ2v) is 8.27. The van der Waals surface area contributed by atoms with Crippen LogP contribution in [0, 0.1) is 5.92 Å². The van der Waals surface area contributed by atoms with Crippen LogP contribution < -0.4 is 10.2 Å². The molecule has 1 aromatic carbocycles. The number of sulfone groups is 1. The summed E-state index contributed by atoms with van der Waals surface area (Å²) in [6.07, 6.45) is 0.883. The van der Waals surface area contributed by atoms with Gasteiger partial charge in [0, 0.05) is 31.2 Å². The third kappa shape index (κ3) is 4.47. The SMILES string of the molecule is C[C@H](CNC(=O)C1CCS(=O)(=O)CC1)N(C)c1ccccc1. The lowest BCUT2D eigenvalue weighted by Crippen LogP contribution is -2.43. The average molecular weight is 324 g/mol. The summed E-state index contributed by atoms with van der Waals surface area (Å²) >= 11 is 0. The molecule has 0 aromatic heterocycles. The molecule has 2 rings (SSSR count). The molecule has 1 aliphatic rings. The number of hydrogen-bond donors (Lipinski definition) is 1. The molecular weight excluding hydrogens is 300 g/mol. The predicted molar refractivity (Wildman–Crippen MR) is 88.7 cm³/mol. The highest BCUT2D eigenvalue weighted by Crippen LogP contribution is 2.19. The smallest absolute Gasteiger partial charge is 0.223 e. The van der Waals surface area contributed by atoms with Gasteiger partial charge in [0.1, 0.15) is 9.84 Å². The van der Waals surface area contributed by atoms with Crippen LogP contribution in [0.1, 0.15) is 19.8 Å². The first kappa shape index (κ1) is 16.8.